The van der Waals surface area contributed by atoms with Crippen molar-refractivity contribution in [2.45, 2.75) is 77.9 Å². The van der Waals surface area contributed by atoms with Crippen LogP contribution >= 0.6 is 0 Å². The summed E-state index contributed by atoms with van der Waals surface area (Å²) in [6.07, 6.45) is 8.14. The molecule has 3 aliphatic rings. The van der Waals surface area contributed by atoms with Gasteiger partial charge in [-0.05, 0) is 51.0 Å². The number of allylic oxidation sites excluding steroid dienone is 2. The third kappa shape index (κ3) is 4.24. The molecule has 0 aromatic carbocycles. The van der Waals surface area contributed by atoms with E-state index in [1.165, 1.54) is 12.5 Å². The first-order chi connectivity index (χ1) is 13.2. The van der Waals surface area contributed by atoms with E-state index >= 15 is 0 Å². The third-order valence-corrected chi connectivity index (χ3v) is 6.39. The Morgan fingerprint density at radius 1 is 1.46 bits per heavy atom. The van der Waals surface area contributed by atoms with Crippen molar-refractivity contribution in [3.8, 4) is 0 Å². The fraction of sp³-hybridized carbons (Fsp3) is 0.652. The van der Waals surface area contributed by atoms with Crippen LogP contribution in [0.4, 0.5) is 0 Å². The molecule has 154 valence electrons. The number of aliphatic hydroxyl groups is 1. The van der Waals surface area contributed by atoms with Gasteiger partial charge in [-0.25, -0.2) is 0 Å². The number of hydrogen-bond acceptors (Lipinski definition) is 5. The smallest absolute Gasteiger partial charge is 0.302 e. The lowest BCUT2D eigenvalue weighted by Crippen LogP contribution is -2.43. The Hall–Kier alpha value is -1.88. The van der Waals surface area contributed by atoms with Crippen molar-refractivity contribution in [1.82, 2.24) is 0 Å². The van der Waals surface area contributed by atoms with Crippen LogP contribution in [0.5, 0.6) is 0 Å². The van der Waals surface area contributed by atoms with Crippen LogP contribution in [0.3, 0.4) is 0 Å². The summed E-state index contributed by atoms with van der Waals surface area (Å²) in [6, 6.07) is 0. The number of carbonyl (C=O) groups excluding carboxylic acids is 2. The summed E-state index contributed by atoms with van der Waals surface area (Å²) in [6.45, 7) is 8.12. The van der Waals surface area contributed by atoms with Gasteiger partial charge in [-0.1, -0.05) is 24.6 Å². The van der Waals surface area contributed by atoms with Crippen molar-refractivity contribution >= 4 is 11.8 Å². The lowest BCUT2D eigenvalue weighted by molar-refractivity contribution is -0.140. The van der Waals surface area contributed by atoms with Crippen LogP contribution in [0, 0.1) is 11.8 Å². The van der Waals surface area contributed by atoms with Gasteiger partial charge in [0.2, 0.25) is 0 Å². The van der Waals surface area contributed by atoms with Crippen LogP contribution < -0.4 is 0 Å². The van der Waals surface area contributed by atoms with Gasteiger partial charge >= 0.3 is 5.97 Å². The average molecular weight is 389 g/mol. The summed E-state index contributed by atoms with van der Waals surface area (Å²) in [5.74, 6) is 0.983. The van der Waals surface area contributed by atoms with Crippen LogP contribution in [-0.4, -0.2) is 35.2 Å². The van der Waals surface area contributed by atoms with Crippen LogP contribution in [0.2, 0.25) is 0 Å². The molecule has 0 fully saturated rings. The van der Waals surface area contributed by atoms with Crippen molar-refractivity contribution in [3.05, 3.63) is 34.6 Å². The van der Waals surface area contributed by atoms with E-state index in [1.807, 2.05) is 6.92 Å². The fourth-order valence-corrected chi connectivity index (χ4v) is 4.67. The summed E-state index contributed by atoms with van der Waals surface area (Å²) < 4.78 is 11.4. The molecule has 0 unspecified atom stereocenters. The molecule has 0 bridgehead atoms. The third-order valence-electron chi connectivity index (χ3n) is 6.39. The number of aliphatic hydroxyl groups excluding tert-OH is 1. The van der Waals surface area contributed by atoms with E-state index in [0.29, 0.717) is 37.4 Å². The van der Waals surface area contributed by atoms with E-state index in [4.69, 9.17) is 9.47 Å². The zero-order valence-electron chi connectivity index (χ0n) is 17.4. The highest BCUT2D eigenvalue weighted by atomic mass is 16.5. The van der Waals surface area contributed by atoms with Gasteiger partial charge < -0.3 is 14.6 Å². The summed E-state index contributed by atoms with van der Waals surface area (Å²) in [7, 11) is 0. The molecule has 1 N–H and O–H groups in total. The standard InChI is InChI=1S/C23H32O5/c1-14(13-27-16(3)24)6-5-7-15(2)17-10-11-23(4)19(17)12-18-21(28-23)9-8-20(25)22(18)26/h6,10,15,19-20,25H,5,7-9,11-13H2,1-4H3/b14-6+/t15-,19+,20-,23-/m0/s1. The van der Waals surface area contributed by atoms with E-state index < -0.39 is 6.10 Å². The highest BCUT2D eigenvalue weighted by Gasteiger charge is 2.49. The summed E-state index contributed by atoms with van der Waals surface area (Å²) in [5, 5.41) is 9.95. The number of ether oxygens (including phenoxy) is 2. The van der Waals surface area contributed by atoms with Gasteiger partial charge in [0.1, 0.15) is 24.1 Å². The second-order valence-electron chi connectivity index (χ2n) is 8.71. The van der Waals surface area contributed by atoms with Crippen LogP contribution in [-0.2, 0) is 19.1 Å². The monoisotopic (exact) mass is 388 g/mol. The number of Topliss-reactive ketones (excluding diaryl/α,β-unsaturated/α-hetero) is 1. The number of fused-ring (bicyclic) bond motifs is 1. The molecule has 0 spiro atoms. The number of esters is 1. The molecule has 28 heavy (non-hydrogen) atoms. The topological polar surface area (TPSA) is 72.8 Å². The van der Waals surface area contributed by atoms with Gasteiger partial charge in [-0.2, -0.15) is 0 Å². The second kappa shape index (κ2) is 8.24. The van der Waals surface area contributed by atoms with Gasteiger partial charge in [0.05, 0.1) is 0 Å². The van der Waals surface area contributed by atoms with Gasteiger partial charge in [-0.15, -0.1) is 0 Å². The van der Waals surface area contributed by atoms with Crippen molar-refractivity contribution in [3.63, 3.8) is 0 Å². The molecule has 1 aliphatic heterocycles. The highest BCUT2D eigenvalue weighted by Crippen LogP contribution is 2.51. The Kier molecular flexibility index (Phi) is 6.13. The lowest BCUT2D eigenvalue weighted by Gasteiger charge is -2.43. The first-order valence-electron chi connectivity index (χ1n) is 10.3. The SMILES string of the molecule is CC(=O)OC/C(C)=C/CC[C@H](C)C1=CC[C@]2(C)OC3=C(C[C@H]12)C(=O)[C@@H](O)CC3. The maximum Gasteiger partial charge on any atom is 0.302 e. The Morgan fingerprint density at radius 2 is 2.21 bits per heavy atom. The van der Waals surface area contributed by atoms with E-state index in [9.17, 15) is 14.7 Å². The van der Waals surface area contributed by atoms with Crippen LogP contribution in [0.15, 0.2) is 34.6 Å². The van der Waals surface area contributed by atoms with Gasteiger partial charge in [0.25, 0.3) is 0 Å². The molecule has 5 heteroatoms. The molecule has 0 aromatic heterocycles. The largest absolute Gasteiger partial charge is 0.491 e. The minimum atomic E-state index is -0.872. The van der Waals surface area contributed by atoms with Crippen molar-refractivity contribution in [1.29, 1.82) is 0 Å². The highest BCUT2D eigenvalue weighted by molar-refractivity contribution is 6.00. The zero-order valence-corrected chi connectivity index (χ0v) is 17.4. The average Bonchev–Trinajstić information content (AvgIpc) is 2.98. The molecule has 4 atom stereocenters. The Balaban J connectivity index is 1.63. The minimum absolute atomic E-state index is 0.147. The van der Waals surface area contributed by atoms with E-state index in [-0.39, 0.29) is 23.3 Å². The molecule has 1 heterocycles. The molecule has 0 saturated heterocycles. The normalized spacial score (nSPS) is 31.0. The Morgan fingerprint density at radius 3 is 2.93 bits per heavy atom. The first-order valence-corrected chi connectivity index (χ1v) is 10.3. The summed E-state index contributed by atoms with van der Waals surface area (Å²) in [5.41, 5.74) is 2.86. The van der Waals surface area contributed by atoms with Crippen molar-refractivity contribution < 1.29 is 24.2 Å². The van der Waals surface area contributed by atoms with E-state index in [1.54, 1.807) is 0 Å². The summed E-state index contributed by atoms with van der Waals surface area (Å²) in [4.78, 5) is 23.3. The van der Waals surface area contributed by atoms with Gasteiger partial charge in [0.15, 0.2) is 5.78 Å². The Bertz CT molecular complexity index is 744. The maximum absolute atomic E-state index is 12.4. The maximum atomic E-state index is 12.4. The van der Waals surface area contributed by atoms with E-state index in [2.05, 4.69) is 26.0 Å². The minimum Gasteiger partial charge on any atom is -0.491 e. The molecule has 3 rings (SSSR count). The molecule has 0 amide bonds. The fourth-order valence-electron chi connectivity index (χ4n) is 4.67. The zero-order chi connectivity index (χ0) is 20.5. The number of carbonyl (C=O) groups is 2. The second-order valence-corrected chi connectivity index (χ2v) is 8.71. The molecule has 0 saturated carbocycles. The van der Waals surface area contributed by atoms with Gasteiger partial charge in [0, 0.05) is 31.3 Å². The number of ketones is 1. The summed E-state index contributed by atoms with van der Waals surface area (Å²) >= 11 is 0. The first kappa shape index (κ1) is 20.8. The number of hydrogen-bond donors (Lipinski definition) is 1. The van der Waals surface area contributed by atoms with Gasteiger partial charge in [-0.3, -0.25) is 9.59 Å². The molecule has 0 aromatic rings. The predicted molar refractivity (Wildman–Crippen MR) is 106 cm³/mol. The predicted octanol–water partition coefficient (Wildman–Crippen LogP) is 4.02. The number of rotatable bonds is 6. The molecular weight excluding hydrogens is 356 g/mol. The quantitative estimate of drug-likeness (QED) is 0.550. The Labute approximate surface area is 167 Å². The van der Waals surface area contributed by atoms with Crippen LogP contribution in [0.25, 0.3) is 0 Å². The molecule has 2 aliphatic carbocycles. The van der Waals surface area contributed by atoms with Crippen molar-refractivity contribution in [2.24, 2.45) is 11.8 Å². The van der Waals surface area contributed by atoms with Crippen LogP contribution in [0.1, 0.15) is 66.2 Å². The molecular formula is C23H32O5. The molecule has 5 nitrogen and oxygen atoms in total. The van der Waals surface area contributed by atoms with E-state index in [0.717, 1.165) is 30.6 Å². The molecule has 0 radical (unpaired) electrons. The van der Waals surface area contributed by atoms with Crippen molar-refractivity contribution in [2.75, 3.05) is 6.61 Å². The lowest BCUT2D eigenvalue weighted by atomic mass is 9.74.